The summed E-state index contributed by atoms with van der Waals surface area (Å²) in [4.78, 5) is 0. The Hall–Kier alpha value is -1.24. The third-order valence-electron chi connectivity index (χ3n) is 2.30. The van der Waals surface area contributed by atoms with Gasteiger partial charge in [-0.1, -0.05) is 47.2 Å². The zero-order chi connectivity index (χ0) is 12.5. The molecule has 0 radical (unpaired) electrons. The van der Waals surface area contributed by atoms with Crippen LogP contribution in [-0.2, 0) is 0 Å². The van der Waals surface area contributed by atoms with Gasteiger partial charge in [-0.15, -0.1) is 20.4 Å². The van der Waals surface area contributed by atoms with E-state index >= 15 is 0 Å². The minimum Gasteiger partial charge on any atom is -0.143 e. The molecule has 2 aromatic heterocycles. The lowest BCUT2D eigenvalue weighted by atomic mass is 10.2. The maximum atomic E-state index is 6.03. The molecule has 1 aromatic carbocycles. The highest BCUT2D eigenvalue weighted by atomic mass is 35.5. The molecule has 0 atom stereocenters. The largest absolute Gasteiger partial charge is 0.180 e. The Kier molecular flexibility index (Phi) is 3.15. The van der Waals surface area contributed by atoms with Crippen LogP contribution in [-0.4, -0.2) is 20.4 Å². The molecule has 0 aliphatic carbocycles. The molecule has 2 heterocycles. The third kappa shape index (κ3) is 2.19. The molecule has 0 spiro atoms. The summed E-state index contributed by atoms with van der Waals surface area (Å²) in [5.74, 6) is 0. The SMILES string of the molecule is Cc1nnc(Sc2nnc(Cl)c3ccccc23)s1. The van der Waals surface area contributed by atoms with Crippen molar-refractivity contribution in [2.24, 2.45) is 0 Å². The molecule has 4 nitrogen and oxygen atoms in total. The van der Waals surface area contributed by atoms with Crippen LogP contribution in [0.5, 0.6) is 0 Å². The predicted octanol–water partition coefficient (Wildman–Crippen LogP) is 3.59. The molecule has 0 aliphatic heterocycles. The van der Waals surface area contributed by atoms with Gasteiger partial charge in [0.2, 0.25) is 0 Å². The minimum absolute atomic E-state index is 0.420. The summed E-state index contributed by atoms with van der Waals surface area (Å²) in [5, 5.41) is 20.2. The van der Waals surface area contributed by atoms with Crippen LogP contribution in [0.1, 0.15) is 5.01 Å². The van der Waals surface area contributed by atoms with Crippen molar-refractivity contribution in [3.8, 4) is 0 Å². The number of fused-ring (bicyclic) bond motifs is 1. The predicted molar refractivity (Wildman–Crippen MR) is 73.3 cm³/mol. The van der Waals surface area contributed by atoms with Crippen molar-refractivity contribution in [1.82, 2.24) is 20.4 Å². The van der Waals surface area contributed by atoms with Gasteiger partial charge in [-0.2, -0.15) is 0 Å². The van der Waals surface area contributed by atoms with E-state index < -0.39 is 0 Å². The van der Waals surface area contributed by atoms with Gasteiger partial charge in [-0.05, 0) is 18.7 Å². The summed E-state index contributed by atoms with van der Waals surface area (Å²) in [6, 6.07) is 7.79. The molecule has 0 aliphatic rings. The molecular weight excluding hydrogens is 288 g/mol. The van der Waals surface area contributed by atoms with Gasteiger partial charge in [0.1, 0.15) is 10.0 Å². The van der Waals surface area contributed by atoms with Crippen LogP contribution in [0.25, 0.3) is 10.8 Å². The molecule has 0 fully saturated rings. The number of nitrogens with zero attached hydrogens (tertiary/aromatic N) is 4. The molecule has 0 saturated carbocycles. The molecule has 3 rings (SSSR count). The van der Waals surface area contributed by atoms with Crippen LogP contribution in [0.2, 0.25) is 5.15 Å². The summed E-state index contributed by atoms with van der Waals surface area (Å²) in [6.45, 7) is 1.92. The van der Waals surface area contributed by atoms with E-state index in [0.717, 1.165) is 25.1 Å². The first-order valence-electron chi connectivity index (χ1n) is 5.13. The van der Waals surface area contributed by atoms with Crippen molar-refractivity contribution < 1.29 is 0 Å². The smallest absolute Gasteiger partial charge is 0.143 e. The highest BCUT2D eigenvalue weighted by Gasteiger charge is 2.11. The molecule has 0 N–H and O–H groups in total. The van der Waals surface area contributed by atoms with E-state index in [-0.39, 0.29) is 0 Å². The van der Waals surface area contributed by atoms with Crippen molar-refractivity contribution in [1.29, 1.82) is 0 Å². The van der Waals surface area contributed by atoms with Crippen molar-refractivity contribution >= 4 is 45.5 Å². The summed E-state index contributed by atoms with van der Waals surface area (Å²) in [7, 11) is 0. The Morgan fingerprint density at radius 3 is 2.56 bits per heavy atom. The summed E-state index contributed by atoms with van der Waals surface area (Å²) in [5.41, 5.74) is 0. The molecule has 0 saturated heterocycles. The van der Waals surface area contributed by atoms with Gasteiger partial charge in [-0.3, -0.25) is 0 Å². The monoisotopic (exact) mass is 294 g/mol. The topological polar surface area (TPSA) is 51.6 Å². The molecule has 0 unspecified atom stereocenters. The quantitative estimate of drug-likeness (QED) is 0.723. The van der Waals surface area contributed by atoms with E-state index in [1.165, 1.54) is 23.1 Å². The number of halogens is 1. The normalized spacial score (nSPS) is 11.0. The number of rotatable bonds is 2. The summed E-state index contributed by atoms with van der Waals surface area (Å²) < 4.78 is 0.856. The molecule has 7 heteroatoms. The number of hydrogen-bond donors (Lipinski definition) is 0. The van der Waals surface area contributed by atoms with Crippen molar-refractivity contribution in [3.05, 3.63) is 34.4 Å². The zero-order valence-electron chi connectivity index (χ0n) is 9.29. The Balaban J connectivity index is 2.09. The Morgan fingerprint density at radius 2 is 1.83 bits per heavy atom. The first kappa shape index (κ1) is 11.8. The van der Waals surface area contributed by atoms with Crippen molar-refractivity contribution in [3.63, 3.8) is 0 Å². The Bertz CT molecular complexity index is 713. The third-order valence-corrected chi connectivity index (χ3v) is 4.46. The number of benzene rings is 1. The first-order valence-corrected chi connectivity index (χ1v) is 7.14. The second kappa shape index (κ2) is 4.79. The highest BCUT2D eigenvalue weighted by Crippen LogP contribution is 2.34. The van der Waals surface area contributed by atoms with E-state index in [0.29, 0.717) is 5.15 Å². The summed E-state index contributed by atoms with van der Waals surface area (Å²) >= 11 is 9.02. The average molecular weight is 295 g/mol. The van der Waals surface area contributed by atoms with Crippen LogP contribution < -0.4 is 0 Å². The molecule has 0 amide bonds. The standard InChI is InChI=1S/C11H7ClN4S2/c1-6-13-16-11(17-6)18-10-8-5-3-2-4-7(8)9(12)14-15-10/h2-5H,1H3. The fourth-order valence-corrected chi connectivity index (χ4v) is 3.52. The van der Waals surface area contributed by atoms with Crippen LogP contribution in [0.15, 0.2) is 33.6 Å². The second-order valence-electron chi connectivity index (χ2n) is 3.53. The fourth-order valence-electron chi connectivity index (χ4n) is 1.52. The average Bonchev–Trinajstić information content (AvgIpc) is 2.79. The lowest BCUT2D eigenvalue weighted by Gasteiger charge is -2.03. The van der Waals surface area contributed by atoms with Gasteiger partial charge in [0, 0.05) is 10.8 Å². The van der Waals surface area contributed by atoms with Crippen LogP contribution >= 0.6 is 34.7 Å². The maximum absolute atomic E-state index is 6.03. The number of aryl methyl sites for hydroxylation is 1. The van der Waals surface area contributed by atoms with E-state index in [4.69, 9.17) is 11.6 Å². The van der Waals surface area contributed by atoms with E-state index in [9.17, 15) is 0 Å². The van der Waals surface area contributed by atoms with Gasteiger partial charge in [0.15, 0.2) is 9.49 Å². The molecular formula is C11H7ClN4S2. The van der Waals surface area contributed by atoms with Crippen molar-refractivity contribution in [2.45, 2.75) is 16.3 Å². The second-order valence-corrected chi connectivity index (χ2v) is 6.31. The van der Waals surface area contributed by atoms with E-state index in [1.807, 2.05) is 31.2 Å². The highest BCUT2D eigenvalue weighted by molar-refractivity contribution is 8.01. The lowest BCUT2D eigenvalue weighted by molar-refractivity contribution is 0.946. The van der Waals surface area contributed by atoms with Crippen LogP contribution in [0.4, 0.5) is 0 Å². The Morgan fingerprint density at radius 1 is 1.06 bits per heavy atom. The molecule has 3 aromatic rings. The van der Waals surface area contributed by atoms with Gasteiger partial charge in [-0.25, -0.2) is 0 Å². The molecule has 18 heavy (non-hydrogen) atoms. The number of aromatic nitrogens is 4. The van der Waals surface area contributed by atoms with Gasteiger partial charge < -0.3 is 0 Å². The molecule has 0 bridgehead atoms. The first-order chi connectivity index (χ1) is 8.74. The zero-order valence-corrected chi connectivity index (χ0v) is 11.7. The number of hydrogen-bond acceptors (Lipinski definition) is 6. The van der Waals surface area contributed by atoms with Gasteiger partial charge >= 0.3 is 0 Å². The van der Waals surface area contributed by atoms with Crippen molar-refractivity contribution in [2.75, 3.05) is 0 Å². The van der Waals surface area contributed by atoms with Crippen LogP contribution in [0.3, 0.4) is 0 Å². The summed E-state index contributed by atoms with van der Waals surface area (Å²) in [6.07, 6.45) is 0. The fraction of sp³-hybridized carbons (Fsp3) is 0.0909. The van der Waals surface area contributed by atoms with Gasteiger partial charge in [0.05, 0.1) is 0 Å². The Labute approximate surface area is 116 Å². The van der Waals surface area contributed by atoms with E-state index in [1.54, 1.807) is 0 Å². The lowest BCUT2D eigenvalue weighted by Crippen LogP contribution is -1.89. The minimum atomic E-state index is 0.420. The molecule has 90 valence electrons. The van der Waals surface area contributed by atoms with Crippen LogP contribution in [0, 0.1) is 6.92 Å². The maximum Gasteiger partial charge on any atom is 0.180 e. The van der Waals surface area contributed by atoms with E-state index in [2.05, 4.69) is 20.4 Å². The van der Waals surface area contributed by atoms with Gasteiger partial charge in [0.25, 0.3) is 0 Å².